The van der Waals surface area contributed by atoms with E-state index in [1.54, 1.807) is 0 Å². The molecule has 0 spiro atoms. The lowest BCUT2D eigenvalue weighted by molar-refractivity contribution is -0.142. The molecule has 0 aromatic heterocycles. The number of aliphatic hydroxyl groups excluding tert-OH is 1. The van der Waals surface area contributed by atoms with Crippen LogP contribution in [0.4, 0.5) is 0 Å². The molecule has 0 saturated heterocycles. The third-order valence-electron chi connectivity index (χ3n) is 4.34. The molecule has 3 amide bonds. The molecule has 0 radical (unpaired) electrons. The smallest absolute Gasteiger partial charge is 0.325 e. The number of carboxylic acid groups (broad SMARTS) is 1. The minimum Gasteiger partial charge on any atom is -0.480 e. The highest BCUT2D eigenvalue weighted by molar-refractivity contribution is 7.98. The zero-order valence-electron chi connectivity index (χ0n) is 18.5. The van der Waals surface area contributed by atoms with Crippen LogP contribution in [0.5, 0.6) is 0 Å². The molecule has 32 heavy (non-hydrogen) atoms. The van der Waals surface area contributed by atoms with Gasteiger partial charge in [0.2, 0.25) is 17.7 Å². The van der Waals surface area contributed by atoms with Crippen LogP contribution in [-0.4, -0.2) is 88.7 Å². The Morgan fingerprint density at radius 3 is 2.12 bits per heavy atom. The van der Waals surface area contributed by atoms with Crippen molar-refractivity contribution >= 4 is 41.4 Å². The maximum atomic E-state index is 12.7. The lowest BCUT2D eigenvalue weighted by Crippen LogP contribution is -2.59. The number of carbonyl (C=O) groups is 4. The van der Waals surface area contributed by atoms with Crippen molar-refractivity contribution < 1.29 is 29.4 Å². The van der Waals surface area contributed by atoms with Gasteiger partial charge in [0.05, 0.1) is 12.1 Å². The summed E-state index contributed by atoms with van der Waals surface area (Å²) in [5.41, 5.74) is 16.3. The molecule has 0 fully saturated rings. The molecule has 184 valence electrons. The molecule has 0 aromatic rings. The van der Waals surface area contributed by atoms with E-state index in [2.05, 4.69) is 20.9 Å². The third kappa shape index (κ3) is 11.7. The second-order valence-corrected chi connectivity index (χ2v) is 8.18. The summed E-state index contributed by atoms with van der Waals surface area (Å²) in [6.07, 6.45) is 1.33. The van der Waals surface area contributed by atoms with E-state index in [4.69, 9.17) is 22.3 Å². The Labute approximate surface area is 191 Å². The van der Waals surface area contributed by atoms with Crippen molar-refractivity contribution in [3.63, 3.8) is 0 Å². The fourth-order valence-electron chi connectivity index (χ4n) is 2.45. The van der Waals surface area contributed by atoms with Crippen molar-refractivity contribution in [2.45, 2.75) is 63.4 Å². The number of aliphatic imine (C=N–C) groups is 1. The summed E-state index contributed by atoms with van der Waals surface area (Å²) in [6.45, 7) is 2.75. The van der Waals surface area contributed by atoms with Gasteiger partial charge < -0.3 is 43.4 Å². The van der Waals surface area contributed by atoms with E-state index < -0.39 is 54.0 Å². The van der Waals surface area contributed by atoms with Crippen molar-refractivity contribution in [2.24, 2.45) is 22.2 Å². The Bertz CT molecular complexity index is 672. The summed E-state index contributed by atoms with van der Waals surface area (Å²) in [7, 11) is 0. The standard InChI is InChI=1S/C18H35N7O6S/c1-9(17(30)31)23-15(28)12(5-4-7-22-18(20)21)24-16(29)13(10(2)26)25-14(27)11(19)6-8-32-3/h9-13,26H,4-8,19H2,1-3H3,(H,23,28)(H,24,29)(H,25,27)(H,30,31)(H4,20,21,22). The van der Waals surface area contributed by atoms with Gasteiger partial charge in [0.15, 0.2) is 5.96 Å². The van der Waals surface area contributed by atoms with Gasteiger partial charge in [0.25, 0.3) is 0 Å². The van der Waals surface area contributed by atoms with E-state index in [-0.39, 0.29) is 18.9 Å². The summed E-state index contributed by atoms with van der Waals surface area (Å²) in [5, 5.41) is 26.1. The first kappa shape index (κ1) is 29.4. The largest absolute Gasteiger partial charge is 0.480 e. The number of nitrogens with two attached hydrogens (primary N) is 3. The molecule has 0 saturated carbocycles. The Morgan fingerprint density at radius 1 is 1.00 bits per heavy atom. The summed E-state index contributed by atoms with van der Waals surface area (Å²) in [4.78, 5) is 52.3. The van der Waals surface area contributed by atoms with Crippen LogP contribution in [0.2, 0.25) is 0 Å². The number of carboxylic acids is 1. The molecule has 0 aliphatic carbocycles. The zero-order valence-corrected chi connectivity index (χ0v) is 19.4. The summed E-state index contributed by atoms with van der Waals surface area (Å²) in [6, 6.07) is -4.58. The van der Waals surface area contributed by atoms with E-state index in [9.17, 15) is 24.3 Å². The molecule has 13 nitrogen and oxygen atoms in total. The molecule has 5 unspecified atom stereocenters. The minimum atomic E-state index is -1.37. The number of nitrogens with one attached hydrogen (secondary N) is 3. The SMILES string of the molecule is CSCCC(N)C(=O)NC(C(=O)NC(CCCN=C(N)N)C(=O)NC(C)C(=O)O)C(C)O. The summed E-state index contributed by atoms with van der Waals surface area (Å²) in [5.74, 6) is -2.93. The van der Waals surface area contributed by atoms with Gasteiger partial charge in [0.1, 0.15) is 18.1 Å². The Kier molecular flexibility index (Phi) is 14.0. The number of amides is 3. The number of aliphatic carboxylic acids is 1. The van der Waals surface area contributed by atoms with E-state index in [0.29, 0.717) is 18.6 Å². The number of aliphatic hydroxyl groups is 1. The first-order chi connectivity index (χ1) is 14.9. The minimum absolute atomic E-state index is 0.0778. The lowest BCUT2D eigenvalue weighted by Gasteiger charge is -2.26. The fourth-order valence-corrected chi connectivity index (χ4v) is 2.94. The number of carbonyl (C=O) groups excluding carboxylic acids is 3. The molecule has 0 bridgehead atoms. The van der Waals surface area contributed by atoms with Crippen LogP contribution in [0.15, 0.2) is 4.99 Å². The van der Waals surface area contributed by atoms with Gasteiger partial charge in [-0.2, -0.15) is 11.8 Å². The lowest BCUT2D eigenvalue weighted by atomic mass is 10.1. The third-order valence-corrected chi connectivity index (χ3v) is 4.98. The number of hydrogen-bond acceptors (Lipinski definition) is 8. The second-order valence-electron chi connectivity index (χ2n) is 7.19. The molecule has 0 aliphatic rings. The van der Waals surface area contributed by atoms with E-state index in [0.717, 1.165) is 0 Å². The Hall–Kier alpha value is -2.58. The predicted octanol–water partition coefficient (Wildman–Crippen LogP) is -2.94. The molecular weight excluding hydrogens is 442 g/mol. The molecule has 0 rings (SSSR count). The van der Waals surface area contributed by atoms with Crippen LogP contribution >= 0.6 is 11.8 Å². The van der Waals surface area contributed by atoms with E-state index in [1.165, 1.54) is 25.6 Å². The molecule has 14 heteroatoms. The van der Waals surface area contributed by atoms with E-state index in [1.807, 2.05) is 6.26 Å². The monoisotopic (exact) mass is 477 g/mol. The van der Waals surface area contributed by atoms with Crippen LogP contribution in [0.1, 0.15) is 33.1 Å². The summed E-state index contributed by atoms with van der Waals surface area (Å²) < 4.78 is 0. The Morgan fingerprint density at radius 2 is 1.62 bits per heavy atom. The maximum absolute atomic E-state index is 12.7. The van der Waals surface area contributed by atoms with Gasteiger partial charge in [-0.3, -0.25) is 24.2 Å². The van der Waals surface area contributed by atoms with Crippen molar-refractivity contribution in [3.05, 3.63) is 0 Å². The average Bonchev–Trinajstić information content (AvgIpc) is 2.71. The first-order valence-electron chi connectivity index (χ1n) is 10.0. The molecule has 0 aliphatic heterocycles. The zero-order chi connectivity index (χ0) is 24.8. The number of hydrogen-bond donors (Lipinski definition) is 8. The number of thioether (sulfide) groups is 1. The topological polar surface area (TPSA) is 235 Å². The van der Waals surface area contributed by atoms with Crippen LogP contribution in [0, 0.1) is 0 Å². The van der Waals surface area contributed by atoms with Crippen molar-refractivity contribution in [1.29, 1.82) is 0 Å². The average molecular weight is 478 g/mol. The van der Waals surface area contributed by atoms with Gasteiger partial charge in [-0.1, -0.05) is 0 Å². The number of guanidine groups is 1. The Balaban J connectivity index is 5.31. The van der Waals surface area contributed by atoms with Crippen molar-refractivity contribution in [2.75, 3.05) is 18.6 Å². The van der Waals surface area contributed by atoms with Gasteiger partial charge >= 0.3 is 5.97 Å². The summed E-state index contributed by atoms with van der Waals surface area (Å²) >= 11 is 1.51. The molecule has 0 aromatic carbocycles. The quantitative estimate of drug-likeness (QED) is 0.0678. The predicted molar refractivity (Wildman–Crippen MR) is 122 cm³/mol. The maximum Gasteiger partial charge on any atom is 0.325 e. The van der Waals surface area contributed by atoms with Gasteiger partial charge in [-0.25, -0.2) is 0 Å². The first-order valence-corrected chi connectivity index (χ1v) is 11.4. The molecule has 5 atom stereocenters. The number of rotatable bonds is 15. The highest BCUT2D eigenvalue weighted by atomic mass is 32.2. The van der Waals surface area contributed by atoms with Crippen LogP contribution < -0.4 is 33.2 Å². The van der Waals surface area contributed by atoms with Crippen LogP contribution in [0.3, 0.4) is 0 Å². The molecule has 11 N–H and O–H groups in total. The fraction of sp³-hybridized carbons (Fsp3) is 0.722. The number of nitrogens with zero attached hydrogens (tertiary/aromatic N) is 1. The van der Waals surface area contributed by atoms with Gasteiger partial charge in [0, 0.05) is 6.54 Å². The second kappa shape index (κ2) is 15.3. The van der Waals surface area contributed by atoms with E-state index >= 15 is 0 Å². The van der Waals surface area contributed by atoms with Crippen LogP contribution in [0.25, 0.3) is 0 Å². The van der Waals surface area contributed by atoms with Gasteiger partial charge in [-0.15, -0.1) is 0 Å². The van der Waals surface area contributed by atoms with Gasteiger partial charge in [-0.05, 0) is 45.1 Å². The van der Waals surface area contributed by atoms with Crippen molar-refractivity contribution in [3.8, 4) is 0 Å². The molecular formula is C18H35N7O6S. The van der Waals surface area contributed by atoms with Crippen molar-refractivity contribution in [1.82, 2.24) is 16.0 Å². The highest BCUT2D eigenvalue weighted by Gasteiger charge is 2.31. The molecule has 0 heterocycles. The normalized spacial score (nSPS) is 15.4. The van der Waals surface area contributed by atoms with Crippen LogP contribution in [-0.2, 0) is 19.2 Å². The highest BCUT2D eigenvalue weighted by Crippen LogP contribution is 2.04.